The second-order valence-corrected chi connectivity index (χ2v) is 8.16. The maximum atomic E-state index is 6.16. The molecular formula is C17H29NO. The van der Waals surface area contributed by atoms with Crippen molar-refractivity contribution in [2.75, 3.05) is 19.8 Å². The lowest BCUT2D eigenvalue weighted by molar-refractivity contribution is -0.0807. The fourth-order valence-corrected chi connectivity index (χ4v) is 6.19. The summed E-state index contributed by atoms with van der Waals surface area (Å²) in [6.07, 6.45) is 11.6. The maximum Gasteiger partial charge on any atom is 0.0534 e. The van der Waals surface area contributed by atoms with Crippen molar-refractivity contribution in [3.8, 4) is 0 Å². The first-order valence-electron chi connectivity index (χ1n) is 8.56. The van der Waals surface area contributed by atoms with E-state index >= 15 is 0 Å². The molecule has 2 N–H and O–H groups in total. The molecule has 5 fully saturated rings. The molecule has 0 aromatic carbocycles. The first kappa shape index (κ1) is 12.6. The van der Waals surface area contributed by atoms with Crippen molar-refractivity contribution in [1.82, 2.24) is 0 Å². The van der Waals surface area contributed by atoms with E-state index in [1.807, 2.05) is 0 Å². The zero-order chi connectivity index (χ0) is 12.9. The zero-order valence-electron chi connectivity index (χ0n) is 12.2. The van der Waals surface area contributed by atoms with E-state index in [0.717, 1.165) is 49.3 Å². The third kappa shape index (κ3) is 2.15. The van der Waals surface area contributed by atoms with Crippen LogP contribution < -0.4 is 5.73 Å². The molecule has 0 spiro atoms. The summed E-state index contributed by atoms with van der Waals surface area (Å²) in [4.78, 5) is 0. The first-order valence-corrected chi connectivity index (χ1v) is 8.56. The molecule has 1 heterocycles. The molecule has 0 amide bonds. The van der Waals surface area contributed by atoms with E-state index < -0.39 is 0 Å². The SMILES string of the molecule is NCC1(CC2C3CC4CC(C3)CC2C4)CCCOC1. The van der Waals surface area contributed by atoms with Gasteiger partial charge in [-0.2, -0.15) is 0 Å². The number of hydrogen-bond donors (Lipinski definition) is 1. The van der Waals surface area contributed by atoms with Crippen LogP contribution in [0.3, 0.4) is 0 Å². The maximum absolute atomic E-state index is 6.16. The molecule has 2 heteroatoms. The first-order chi connectivity index (χ1) is 9.28. The molecule has 0 aromatic heterocycles. The highest BCUT2D eigenvalue weighted by atomic mass is 16.5. The Hall–Kier alpha value is -0.0800. The van der Waals surface area contributed by atoms with Crippen LogP contribution in [-0.2, 0) is 4.74 Å². The third-order valence-electron chi connectivity index (χ3n) is 6.93. The lowest BCUT2D eigenvalue weighted by atomic mass is 9.49. The summed E-state index contributed by atoms with van der Waals surface area (Å²) in [5.74, 6) is 5.26. The monoisotopic (exact) mass is 263 g/mol. The van der Waals surface area contributed by atoms with Crippen LogP contribution in [0.2, 0.25) is 0 Å². The van der Waals surface area contributed by atoms with Crippen LogP contribution in [0, 0.1) is 35.0 Å². The summed E-state index contributed by atoms with van der Waals surface area (Å²) in [5, 5.41) is 0. The van der Waals surface area contributed by atoms with Crippen LogP contribution in [0.1, 0.15) is 51.4 Å². The Labute approximate surface area is 117 Å². The summed E-state index contributed by atoms with van der Waals surface area (Å²) in [7, 11) is 0. The van der Waals surface area contributed by atoms with Gasteiger partial charge in [0, 0.05) is 18.6 Å². The summed E-state index contributed by atoms with van der Waals surface area (Å²) in [6, 6.07) is 0. The minimum absolute atomic E-state index is 0.332. The van der Waals surface area contributed by atoms with Crippen molar-refractivity contribution < 1.29 is 4.74 Å². The van der Waals surface area contributed by atoms with E-state index in [-0.39, 0.29) is 0 Å². The Balaban J connectivity index is 1.50. The van der Waals surface area contributed by atoms with Gasteiger partial charge in [0.2, 0.25) is 0 Å². The highest BCUT2D eigenvalue weighted by Crippen LogP contribution is 2.59. The molecule has 4 bridgehead atoms. The number of hydrogen-bond acceptors (Lipinski definition) is 2. The van der Waals surface area contributed by atoms with Crippen molar-refractivity contribution in [2.24, 2.45) is 40.7 Å². The molecule has 1 unspecified atom stereocenters. The van der Waals surface area contributed by atoms with Gasteiger partial charge in [0.1, 0.15) is 0 Å². The normalized spacial score (nSPS) is 52.6. The Kier molecular flexibility index (Phi) is 3.15. The van der Waals surface area contributed by atoms with Crippen LogP contribution in [0.4, 0.5) is 0 Å². The van der Waals surface area contributed by atoms with Gasteiger partial charge < -0.3 is 10.5 Å². The van der Waals surface area contributed by atoms with Gasteiger partial charge in [-0.3, -0.25) is 0 Å². The van der Waals surface area contributed by atoms with Gasteiger partial charge in [0.05, 0.1) is 6.61 Å². The van der Waals surface area contributed by atoms with Crippen molar-refractivity contribution >= 4 is 0 Å². The lowest BCUT2D eigenvalue weighted by Gasteiger charge is -2.56. The van der Waals surface area contributed by atoms with Gasteiger partial charge in [-0.1, -0.05) is 0 Å². The smallest absolute Gasteiger partial charge is 0.0534 e. The molecule has 19 heavy (non-hydrogen) atoms. The van der Waals surface area contributed by atoms with Crippen molar-refractivity contribution in [1.29, 1.82) is 0 Å². The summed E-state index contributed by atoms with van der Waals surface area (Å²) >= 11 is 0. The minimum atomic E-state index is 0.332. The fourth-order valence-electron chi connectivity index (χ4n) is 6.19. The molecule has 0 radical (unpaired) electrons. The average Bonchev–Trinajstić information content (AvgIpc) is 2.43. The second-order valence-electron chi connectivity index (χ2n) is 8.16. The lowest BCUT2D eigenvalue weighted by Crippen LogP contribution is -2.49. The van der Waals surface area contributed by atoms with Crippen LogP contribution in [0.5, 0.6) is 0 Å². The largest absolute Gasteiger partial charge is 0.381 e. The van der Waals surface area contributed by atoms with Crippen LogP contribution in [0.25, 0.3) is 0 Å². The molecule has 2 nitrogen and oxygen atoms in total. The van der Waals surface area contributed by atoms with E-state index in [0.29, 0.717) is 5.41 Å². The Bertz CT molecular complexity index is 306. The predicted octanol–water partition coefficient (Wildman–Crippen LogP) is 3.20. The topological polar surface area (TPSA) is 35.2 Å². The van der Waals surface area contributed by atoms with Gasteiger partial charge >= 0.3 is 0 Å². The summed E-state index contributed by atoms with van der Waals surface area (Å²) in [6.45, 7) is 2.74. The second kappa shape index (κ2) is 4.73. The van der Waals surface area contributed by atoms with E-state index in [2.05, 4.69) is 0 Å². The molecular weight excluding hydrogens is 234 g/mol. The van der Waals surface area contributed by atoms with Gasteiger partial charge in [0.25, 0.3) is 0 Å². The van der Waals surface area contributed by atoms with Gasteiger partial charge in [0.15, 0.2) is 0 Å². The molecule has 1 atom stereocenters. The predicted molar refractivity (Wildman–Crippen MR) is 76.7 cm³/mol. The van der Waals surface area contributed by atoms with Crippen molar-refractivity contribution in [3.63, 3.8) is 0 Å². The molecule has 1 aliphatic heterocycles. The zero-order valence-corrected chi connectivity index (χ0v) is 12.2. The third-order valence-corrected chi connectivity index (χ3v) is 6.93. The quantitative estimate of drug-likeness (QED) is 0.848. The minimum Gasteiger partial charge on any atom is -0.381 e. The fraction of sp³-hybridized carbons (Fsp3) is 1.00. The van der Waals surface area contributed by atoms with Crippen LogP contribution >= 0.6 is 0 Å². The number of nitrogens with two attached hydrogens (primary N) is 1. The van der Waals surface area contributed by atoms with E-state index in [9.17, 15) is 0 Å². The molecule has 108 valence electrons. The van der Waals surface area contributed by atoms with Gasteiger partial charge in [-0.15, -0.1) is 0 Å². The highest BCUT2D eigenvalue weighted by Gasteiger charge is 2.50. The summed E-state index contributed by atoms with van der Waals surface area (Å²) in [5.41, 5.74) is 6.49. The van der Waals surface area contributed by atoms with Gasteiger partial charge in [-0.05, 0) is 81.0 Å². The van der Waals surface area contributed by atoms with Crippen LogP contribution in [-0.4, -0.2) is 19.8 Å². The van der Waals surface area contributed by atoms with E-state index in [4.69, 9.17) is 10.5 Å². The molecule has 5 aliphatic rings. The average molecular weight is 263 g/mol. The van der Waals surface area contributed by atoms with Crippen molar-refractivity contribution in [3.05, 3.63) is 0 Å². The summed E-state index contributed by atoms with van der Waals surface area (Å²) < 4.78 is 5.79. The molecule has 4 saturated carbocycles. The molecule has 1 saturated heterocycles. The van der Waals surface area contributed by atoms with E-state index in [1.54, 1.807) is 32.1 Å². The standard InChI is InChI=1S/C17H29NO/c18-10-17(2-1-3-19-11-17)9-16-14-5-12-4-13(7-14)8-15(16)6-12/h12-16H,1-11,18H2. The van der Waals surface area contributed by atoms with Gasteiger partial charge in [-0.25, -0.2) is 0 Å². The van der Waals surface area contributed by atoms with E-state index in [1.165, 1.54) is 19.3 Å². The highest BCUT2D eigenvalue weighted by molar-refractivity contribution is 5.00. The molecule has 5 rings (SSSR count). The molecule has 4 aliphatic carbocycles. The Morgan fingerprint density at radius 1 is 1.00 bits per heavy atom. The Morgan fingerprint density at radius 2 is 1.68 bits per heavy atom. The van der Waals surface area contributed by atoms with Crippen LogP contribution in [0.15, 0.2) is 0 Å². The van der Waals surface area contributed by atoms with Crippen molar-refractivity contribution in [2.45, 2.75) is 51.4 Å². The molecule has 0 aromatic rings. The number of ether oxygens (including phenoxy) is 1. The Morgan fingerprint density at radius 3 is 2.21 bits per heavy atom. The number of rotatable bonds is 3.